The lowest BCUT2D eigenvalue weighted by atomic mass is 10.2. The second-order valence-electron chi connectivity index (χ2n) is 3.50. The summed E-state index contributed by atoms with van der Waals surface area (Å²) in [6.45, 7) is 1.50. The highest BCUT2D eigenvalue weighted by Gasteiger charge is 2.26. The van der Waals surface area contributed by atoms with E-state index in [0.29, 0.717) is 0 Å². The zero-order valence-electron chi connectivity index (χ0n) is 9.35. The first kappa shape index (κ1) is 14.9. The number of nitrogens with one attached hydrogen (secondary N) is 1. The molecule has 18 heavy (non-hydrogen) atoms. The van der Waals surface area contributed by atoms with Gasteiger partial charge in [0, 0.05) is 5.02 Å². The van der Waals surface area contributed by atoms with Crippen molar-refractivity contribution in [3.05, 3.63) is 29.0 Å². The van der Waals surface area contributed by atoms with Gasteiger partial charge in [0.05, 0.1) is 0 Å². The minimum absolute atomic E-state index is 0.0454. The number of carbonyl (C=O) groups is 1. The molecule has 100 valence electrons. The number of benzene rings is 1. The van der Waals surface area contributed by atoms with Crippen LogP contribution in [0.5, 0.6) is 0 Å². The van der Waals surface area contributed by atoms with Crippen molar-refractivity contribution in [2.75, 3.05) is 0 Å². The predicted molar refractivity (Wildman–Crippen MR) is 63.4 cm³/mol. The summed E-state index contributed by atoms with van der Waals surface area (Å²) in [5, 5.41) is 8.81. The summed E-state index contributed by atoms with van der Waals surface area (Å²) in [6, 6.07) is 1.73. The highest BCUT2D eigenvalue weighted by molar-refractivity contribution is 7.89. The van der Waals surface area contributed by atoms with E-state index in [1.165, 1.54) is 13.0 Å². The van der Waals surface area contributed by atoms with Crippen LogP contribution in [-0.2, 0) is 14.8 Å². The number of hydrogen-bond acceptors (Lipinski definition) is 3. The number of aliphatic carboxylic acids is 1. The van der Waals surface area contributed by atoms with Crippen molar-refractivity contribution in [2.24, 2.45) is 0 Å². The third-order valence-corrected chi connectivity index (χ3v) is 3.93. The Morgan fingerprint density at radius 2 is 2.17 bits per heavy atom. The number of hydrogen-bond donors (Lipinski definition) is 2. The number of halogens is 2. The van der Waals surface area contributed by atoms with Gasteiger partial charge in [-0.05, 0) is 24.6 Å². The van der Waals surface area contributed by atoms with Crippen LogP contribution in [0.25, 0.3) is 0 Å². The van der Waals surface area contributed by atoms with Crippen LogP contribution in [0.2, 0.25) is 5.02 Å². The van der Waals surface area contributed by atoms with Crippen LogP contribution in [0, 0.1) is 5.82 Å². The molecule has 0 saturated carbocycles. The molecule has 2 N–H and O–H groups in total. The fraction of sp³-hybridized carbons (Fsp3) is 0.300. The molecular weight excluding hydrogens is 285 g/mol. The van der Waals surface area contributed by atoms with E-state index in [2.05, 4.69) is 0 Å². The van der Waals surface area contributed by atoms with Gasteiger partial charge < -0.3 is 5.11 Å². The monoisotopic (exact) mass is 295 g/mol. The van der Waals surface area contributed by atoms with Gasteiger partial charge in [0.15, 0.2) is 0 Å². The Labute approximate surface area is 109 Å². The molecule has 0 aliphatic heterocycles. The molecule has 0 amide bonds. The van der Waals surface area contributed by atoms with Gasteiger partial charge in [0.1, 0.15) is 16.8 Å². The summed E-state index contributed by atoms with van der Waals surface area (Å²) in [7, 11) is -4.23. The van der Waals surface area contributed by atoms with E-state index in [-0.39, 0.29) is 11.4 Å². The Kier molecular flexibility index (Phi) is 4.66. The maximum atomic E-state index is 13.5. The van der Waals surface area contributed by atoms with Gasteiger partial charge in [-0.25, -0.2) is 12.8 Å². The van der Waals surface area contributed by atoms with Crippen molar-refractivity contribution in [3.63, 3.8) is 0 Å². The van der Waals surface area contributed by atoms with Gasteiger partial charge >= 0.3 is 5.97 Å². The van der Waals surface area contributed by atoms with E-state index >= 15 is 0 Å². The Morgan fingerprint density at radius 1 is 1.56 bits per heavy atom. The molecule has 1 atom stereocenters. The minimum atomic E-state index is -4.23. The van der Waals surface area contributed by atoms with E-state index in [1.807, 2.05) is 4.72 Å². The summed E-state index contributed by atoms with van der Waals surface area (Å²) in [5.41, 5.74) is 0. The average molecular weight is 296 g/mol. The molecule has 1 aromatic rings. The lowest BCUT2D eigenvalue weighted by Gasteiger charge is -2.13. The molecular formula is C10H11ClFNO4S. The smallest absolute Gasteiger partial charge is 0.321 e. The molecule has 5 nitrogen and oxygen atoms in total. The van der Waals surface area contributed by atoms with Crippen LogP contribution in [0.15, 0.2) is 23.1 Å². The molecule has 0 saturated heterocycles. The van der Waals surface area contributed by atoms with Crippen molar-refractivity contribution in [3.8, 4) is 0 Å². The molecule has 0 aromatic heterocycles. The summed E-state index contributed by atoms with van der Waals surface area (Å²) in [5.74, 6) is -2.36. The fourth-order valence-electron chi connectivity index (χ4n) is 1.25. The van der Waals surface area contributed by atoms with Crippen molar-refractivity contribution in [1.82, 2.24) is 4.72 Å². The zero-order chi connectivity index (χ0) is 13.9. The Hall–Kier alpha value is -1.18. The molecule has 0 aliphatic carbocycles. The lowest BCUT2D eigenvalue weighted by molar-refractivity contribution is -0.139. The quantitative estimate of drug-likeness (QED) is 0.864. The van der Waals surface area contributed by atoms with E-state index in [9.17, 15) is 17.6 Å². The van der Waals surface area contributed by atoms with Crippen molar-refractivity contribution in [1.29, 1.82) is 0 Å². The van der Waals surface area contributed by atoms with Crippen LogP contribution >= 0.6 is 11.6 Å². The summed E-state index contributed by atoms with van der Waals surface area (Å²) < 4.78 is 38.9. The topological polar surface area (TPSA) is 83.5 Å². The number of carboxylic acids is 1. The first-order valence-electron chi connectivity index (χ1n) is 4.98. The summed E-state index contributed by atoms with van der Waals surface area (Å²) >= 11 is 5.50. The molecule has 0 heterocycles. The van der Waals surface area contributed by atoms with Gasteiger partial charge in [0.2, 0.25) is 10.0 Å². The number of carboxylic acid groups (broad SMARTS) is 1. The highest BCUT2D eigenvalue weighted by atomic mass is 35.5. The molecule has 0 radical (unpaired) electrons. The molecule has 8 heteroatoms. The molecule has 0 aliphatic rings. The van der Waals surface area contributed by atoms with Crippen LogP contribution in [0.3, 0.4) is 0 Å². The maximum absolute atomic E-state index is 13.5. The van der Waals surface area contributed by atoms with Gasteiger partial charge in [-0.3, -0.25) is 4.79 Å². The minimum Gasteiger partial charge on any atom is -0.480 e. The van der Waals surface area contributed by atoms with Gasteiger partial charge in [-0.15, -0.1) is 0 Å². The Bertz CT molecular complexity index is 561. The van der Waals surface area contributed by atoms with Crippen LogP contribution in [0.1, 0.15) is 13.3 Å². The number of sulfonamides is 1. The standard InChI is InChI=1S/C10H11ClFNO4S/c1-2-8(10(14)15)13-18(16,17)9-4-3-6(11)5-7(9)12/h3-5,8,13H,2H2,1H3,(H,14,15)/t8-/m0/s1. The zero-order valence-corrected chi connectivity index (χ0v) is 10.9. The van der Waals surface area contributed by atoms with Crippen molar-refractivity contribution < 1.29 is 22.7 Å². The van der Waals surface area contributed by atoms with Crippen LogP contribution < -0.4 is 4.72 Å². The molecule has 0 spiro atoms. The van der Waals surface area contributed by atoms with Gasteiger partial charge in [0.25, 0.3) is 0 Å². The third-order valence-electron chi connectivity index (χ3n) is 2.19. The number of rotatable bonds is 5. The molecule has 0 unspecified atom stereocenters. The van der Waals surface area contributed by atoms with Gasteiger partial charge in [-0.2, -0.15) is 4.72 Å². The van der Waals surface area contributed by atoms with E-state index < -0.39 is 32.7 Å². The van der Waals surface area contributed by atoms with E-state index in [1.54, 1.807) is 0 Å². The second-order valence-corrected chi connectivity index (χ2v) is 5.61. The van der Waals surface area contributed by atoms with E-state index in [4.69, 9.17) is 16.7 Å². The third kappa shape index (κ3) is 3.41. The largest absolute Gasteiger partial charge is 0.480 e. The molecule has 0 fully saturated rings. The maximum Gasteiger partial charge on any atom is 0.321 e. The highest BCUT2D eigenvalue weighted by Crippen LogP contribution is 2.19. The molecule has 1 rings (SSSR count). The second kappa shape index (κ2) is 5.64. The summed E-state index contributed by atoms with van der Waals surface area (Å²) in [4.78, 5) is 10.1. The first-order valence-corrected chi connectivity index (χ1v) is 6.84. The Balaban J connectivity index is 3.10. The lowest BCUT2D eigenvalue weighted by Crippen LogP contribution is -2.40. The SMILES string of the molecule is CC[C@H](NS(=O)(=O)c1ccc(Cl)cc1F)C(=O)O. The fourth-order valence-corrected chi connectivity index (χ4v) is 2.74. The predicted octanol–water partition coefficient (Wildman–Crippen LogP) is 1.62. The summed E-state index contributed by atoms with van der Waals surface area (Å²) in [6.07, 6.45) is 0.0454. The first-order chi connectivity index (χ1) is 8.27. The Morgan fingerprint density at radius 3 is 2.61 bits per heavy atom. The van der Waals surface area contributed by atoms with Gasteiger partial charge in [-0.1, -0.05) is 18.5 Å². The van der Waals surface area contributed by atoms with Crippen LogP contribution in [-0.4, -0.2) is 25.5 Å². The van der Waals surface area contributed by atoms with Crippen LogP contribution in [0.4, 0.5) is 4.39 Å². The molecule has 1 aromatic carbocycles. The molecule has 0 bridgehead atoms. The normalized spacial score (nSPS) is 13.3. The van der Waals surface area contributed by atoms with Crippen molar-refractivity contribution in [2.45, 2.75) is 24.3 Å². The van der Waals surface area contributed by atoms with Crippen molar-refractivity contribution >= 4 is 27.6 Å². The van der Waals surface area contributed by atoms with E-state index in [0.717, 1.165) is 12.1 Å². The average Bonchev–Trinajstić information content (AvgIpc) is 2.24.